The molecule has 1 fully saturated rings. The van der Waals surface area contributed by atoms with Crippen LogP contribution in [-0.2, 0) is 23.8 Å². The summed E-state index contributed by atoms with van der Waals surface area (Å²) in [5.41, 5.74) is -1.16. The van der Waals surface area contributed by atoms with Crippen LogP contribution in [-0.4, -0.2) is 58.8 Å². The molecule has 0 amide bonds. The highest BCUT2D eigenvalue weighted by Gasteiger charge is 2.45. The third-order valence-electron chi connectivity index (χ3n) is 4.67. The number of aliphatic hydroxyl groups excluding tert-OH is 1. The monoisotopic (exact) mass is 374 g/mol. The first-order valence-electron chi connectivity index (χ1n) is 9.54. The Morgan fingerprint density at radius 3 is 2.50 bits per heavy atom. The maximum Gasteiger partial charge on any atom is 0.306 e. The Morgan fingerprint density at radius 1 is 1.27 bits per heavy atom. The molecule has 7 heteroatoms. The molecular weight excluding hydrogens is 340 g/mol. The van der Waals surface area contributed by atoms with E-state index in [2.05, 4.69) is 0 Å². The molecule has 3 atom stereocenters. The van der Waals surface area contributed by atoms with E-state index in [0.29, 0.717) is 6.42 Å². The number of hydrogen-bond donors (Lipinski definition) is 2. The van der Waals surface area contributed by atoms with Gasteiger partial charge in [0.1, 0.15) is 12.2 Å². The summed E-state index contributed by atoms with van der Waals surface area (Å²) in [4.78, 5) is 23.3. The average Bonchev–Trinajstić information content (AvgIpc) is 2.96. The first kappa shape index (κ1) is 23.0. The molecule has 0 spiro atoms. The maximum atomic E-state index is 12.0. The van der Waals surface area contributed by atoms with Crippen LogP contribution in [0.15, 0.2) is 0 Å². The van der Waals surface area contributed by atoms with Gasteiger partial charge in [0, 0.05) is 6.42 Å². The highest BCUT2D eigenvalue weighted by atomic mass is 16.7. The van der Waals surface area contributed by atoms with Crippen LogP contribution in [0.1, 0.15) is 72.6 Å². The Labute approximate surface area is 156 Å². The summed E-state index contributed by atoms with van der Waals surface area (Å²) in [6.07, 6.45) is 0.757. The highest BCUT2D eigenvalue weighted by Crippen LogP contribution is 2.35. The fourth-order valence-electron chi connectivity index (χ4n) is 3.05. The molecule has 152 valence electrons. The third-order valence-corrected chi connectivity index (χ3v) is 4.67. The molecule has 0 bridgehead atoms. The van der Waals surface area contributed by atoms with E-state index >= 15 is 0 Å². The van der Waals surface area contributed by atoms with Crippen LogP contribution >= 0.6 is 0 Å². The van der Waals surface area contributed by atoms with Crippen molar-refractivity contribution in [2.24, 2.45) is 0 Å². The summed E-state index contributed by atoms with van der Waals surface area (Å²) in [5, 5.41) is 21.2. The third kappa shape index (κ3) is 7.31. The van der Waals surface area contributed by atoms with Crippen molar-refractivity contribution in [3.63, 3.8) is 0 Å². The molecule has 0 aliphatic carbocycles. The molecule has 2 N–H and O–H groups in total. The van der Waals surface area contributed by atoms with E-state index in [9.17, 15) is 19.8 Å². The Morgan fingerprint density at radius 2 is 1.96 bits per heavy atom. The van der Waals surface area contributed by atoms with Gasteiger partial charge in [-0.05, 0) is 40.0 Å². The number of unbranched alkanes of at least 4 members (excludes halogenated alkanes) is 1. The van der Waals surface area contributed by atoms with Crippen molar-refractivity contribution in [2.45, 2.75) is 96.2 Å². The number of ether oxygens (including phenoxy) is 3. The van der Waals surface area contributed by atoms with E-state index in [4.69, 9.17) is 14.2 Å². The maximum absolute atomic E-state index is 12.0. The van der Waals surface area contributed by atoms with Crippen molar-refractivity contribution in [1.82, 2.24) is 0 Å². The summed E-state index contributed by atoms with van der Waals surface area (Å²) in [6.45, 7) is 7.86. The molecule has 0 aromatic carbocycles. The van der Waals surface area contributed by atoms with Crippen molar-refractivity contribution < 1.29 is 34.0 Å². The van der Waals surface area contributed by atoms with Gasteiger partial charge in [-0.2, -0.15) is 0 Å². The molecule has 0 aromatic heterocycles. The second kappa shape index (κ2) is 10.3. The lowest BCUT2D eigenvalue weighted by Gasteiger charge is -2.34. The number of rotatable bonds is 12. The van der Waals surface area contributed by atoms with Crippen LogP contribution in [0.4, 0.5) is 0 Å². The van der Waals surface area contributed by atoms with Gasteiger partial charge >= 0.3 is 5.97 Å². The van der Waals surface area contributed by atoms with Crippen LogP contribution in [0, 0.1) is 0 Å². The molecule has 1 saturated heterocycles. The lowest BCUT2D eigenvalue weighted by atomic mass is 9.84. The van der Waals surface area contributed by atoms with E-state index in [1.54, 1.807) is 20.8 Å². The summed E-state index contributed by atoms with van der Waals surface area (Å²) in [6, 6.07) is 0. The van der Waals surface area contributed by atoms with Crippen molar-refractivity contribution >= 4 is 11.8 Å². The molecule has 1 unspecified atom stereocenters. The smallest absolute Gasteiger partial charge is 0.306 e. The molecule has 1 aliphatic heterocycles. The zero-order valence-corrected chi connectivity index (χ0v) is 16.5. The second-order valence-corrected chi connectivity index (χ2v) is 7.35. The molecule has 1 heterocycles. The molecule has 0 aromatic rings. The first-order valence-corrected chi connectivity index (χ1v) is 9.54. The molecule has 26 heavy (non-hydrogen) atoms. The van der Waals surface area contributed by atoms with Gasteiger partial charge in [0.05, 0.1) is 25.2 Å². The van der Waals surface area contributed by atoms with Crippen molar-refractivity contribution in [3.05, 3.63) is 0 Å². The Hall–Kier alpha value is -1.02. The van der Waals surface area contributed by atoms with Crippen molar-refractivity contribution in [2.75, 3.05) is 13.2 Å². The highest BCUT2D eigenvalue weighted by molar-refractivity contribution is 5.86. The Bertz CT molecular complexity index is 463. The van der Waals surface area contributed by atoms with E-state index in [0.717, 1.165) is 12.8 Å². The number of carbonyl (C=O) groups excluding carboxylic acids is 2. The molecular formula is C19H34O7. The van der Waals surface area contributed by atoms with Crippen molar-refractivity contribution in [1.29, 1.82) is 0 Å². The minimum absolute atomic E-state index is 0.0440. The number of carbonyl (C=O) groups is 2. The summed E-state index contributed by atoms with van der Waals surface area (Å²) in [5.74, 6) is -1.62. The molecule has 0 saturated carbocycles. The Balaban J connectivity index is 2.57. The topological polar surface area (TPSA) is 102 Å². The standard InChI is InChI=1S/C19H34O7/c1-5-7-11-19(23,16-13-25-18(3,4)26-16)12-10-15(21)14(20)8-9-17(22)24-6-2/h15-16,21,23H,5-13H2,1-4H3/t15?,16-,19+/m0/s1. The predicted octanol–water partition coefficient (Wildman–Crippen LogP) is 2.11. The summed E-state index contributed by atoms with van der Waals surface area (Å²) < 4.78 is 16.1. The lowest BCUT2D eigenvalue weighted by molar-refractivity contribution is -0.174. The van der Waals surface area contributed by atoms with Gasteiger partial charge in [0.25, 0.3) is 0 Å². The van der Waals surface area contributed by atoms with Gasteiger partial charge in [-0.1, -0.05) is 19.8 Å². The number of Topliss-reactive ketones (excluding diaryl/α,β-unsaturated/α-hetero) is 1. The number of aliphatic hydroxyl groups is 2. The van der Waals surface area contributed by atoms with Gasteiger partial charge in [0.15, 0.2) is 11.6 Å². The fourth-order valence-corrected chi connectivity index (χ4v) is 3.05. The lowest BCUT2D eigenvalue weighted by Crippen LogP contribution is -2.45. The number of esters is 1. The predicted molar refractivity (Wildman–Crippen MR) is 95.5 cm³/mol. The summed E-state index contributed by atoms with van der Waals surface area (Å²) >= 11 is 0. The quantitative estimate of drug-likeness (QED) is 0.504. The minimum atomic E-state index is -1.21. The van der Waals surface area contributed by atoms with Gasteiger partial charge in [-0.15, -0.1) is 0 Å². The second-order valence-electron chi connectivity index (χ2n) is 7.35. The van der Waals surface area contributed by atoms with Crippen molar-refractivity contribution in [3.8, 4) is 0 Å². The van der Waals surface area contributed by atoms with E-state index < -0.39 is 35.3 Å². The van der Waals surface area contributed by atoms with Crippen LogP contribution in [0.5, 0.6) is 0 Å². The molecule has 7 nitrogen and oxygen atoms in total. The van der Waals surface area contributed by atoms with Crippen LogP contribution in [0.2, 0.25) is 0 Å². The first-order chi connectivity index (χ1) is 12.1. The van der Waals surface area contributed by atoms with Gasteiger partial charge < -0.3 is 24.4 Å². The van der Waals surface area contributed by atoms with Crippen LogP contribution < -0.4 is 0 Å². The molecule has 1 rings (SSSR count). The minimum Gasteiger partial charge on any atom is -0.466 e. The SMILES string of the molecule is CCCC[C@@](O)(CCC(O)C(=O)CCC(=O)OCC)[C@@H]1COC(C)(C)O1. The van der Waals surface area contributed by atoms with Crippen LogP contribution in [0.3, 0.4) is 0 Å². The van der Waals surface area contributed by atoms with Gasteiger partial charge in [-0.3, -0.25) is 9.59 Å². The van der Waals surface area contributed by atoms with E-state index in [1.807, 2.05) is 6.92 Å². The summed E-state index contributed by atoms with van der Waals surface area (Å²) in [7, 11) is 0. The zero-order chi connectivity index (χ0) is 19.8. The van der Waals surface area contributed by atoms with E-state index in [-0.39, 0.29) is 38.9 Å². The average molecular weight is 374 g/mol. The Kier molecular flexibility index (Phi) is 9.16. The molecule has 0 radical (unpaired) electrons. The number of hydrogen-bond acceptors (Lipinski definition) is 7. The molecule has 1 aliphatic rings. The van der Waals surface area contributed by atoms with Crippen LogP contribution in [0.25, 0.3) is 0 Å². The van der Waals surface area contributed by atoms with Gasteiger partial charge in [-0.25, -0.2) is 0 Å². The zero-order valence-electron chi connectivity index (χ0n) is 16.5. The number of ketones is 1. The normalized spacial score (nSPS) is 22.6. The largest absolute Gasteiger partial charge is 0.466 e. The van der Waals surface area contributed by atoms with Gasteiger partial charge in [0.2, 0.25) is 0 Å². The van der Waals surface area contributed by atoms with E-state index in [1.165, 1.54) is 0 Å². The fraction of sp³-hybridized carbons (Fsp3) is 0.895.